The van der Waals surface area contributed by atoms with Gasteiger partial charge in [-0.15, -0.1) is 0 Å². The lowest BCUT2D eigenvalue weighted by Gasteiger charge is -2.58. The third-order valence-corrected chi connectivity index (χ3v) is 10.3. The van der Waals surface area contributed by atoms with Crippen molar-refractivity contribution in [3.63, 3.8) is 0 Å². The molecule has 12 heteroatoms. The number of amidine groups is 1. The Balaban J connectivity index is 1.25. The van der Waals surface area contributed by atoms with E-state index in [1.165, 1.54) is 21.1 Å². The molecule has 2 spiro atoms. The molecule has 2 saturated carbocycles. The van der Waals surface area contributed by atoms with Crippen LogP contribution < -0.4 is 17.0 Å². The second kappa shape index (κ2) is 11.0. The number of aromatic hydroxyl groups is 1. The van der Waals surface area contributed by atoms with Gasteiger partial charge in [-0.1, -0.05) is 30.3 Å². The number of imide groups is 1. The number of benzene rings is 1. The van der Waals surface area contributed by atoms with E-state index < -0.39 is 28.7 Å². The summed E-state index contributed by atoms with van der Waals surface area (Å²) in [5, 5.41) is 11.0. The Kier molecular flexibility index (Phi) is 7.44. The summed E-state index contributed by atoms with van der Waals surface area (Å²) in [5.41, 5.74) is 4.47. The first kappa shape index (κ1) is 29.2. The van der Waals surface area contributed by atoms with Gasteiger partial charge in [0.25, 0.3) is 11.5 Å². The number of amides is 3. The Labute approximate surface area is 249 Å². The van der Waals surface area contributed by atoms with Crippen LogP contribution in [0.25, 0.3) is 0 Å². The first-order valence-corrected chi connectivity index (χ1v) is 15.1. The molecule has 2 aliphatic heterocycles. The van der Waals surface area contributed by atoms with E-state index in [2.05, 4.69) is 4.99 Å². The molecule has 2 aromatic rings. The summed E-state index contributed by atoms with van der Waals surface area (Å²) in [5.74, 6) is -0.447. The summed E-state index contributed by atoms with van der Waals surface area (Å²) < 4.78 is 7.90. The summed E-state index contributed by atoms with van der Waals surface area (Å²) in [4.78, 5) is 61.0. The molecule has 3 heterocycles. The third-order valence-electron chi connectivity index (χ3n) is 10.3. The predicted octanol–water partition coefficient (Wildman–Crippen LogP) is 2.05. The van der Waals surface area contributed by atoms with Crippen molar-refractivity contribution in [2.75, 3.05) is 33.9 Å². The molecule has 230 valence electrons. The summed E-state index contributed by atoms with van der Waals surface area (Å²) in [6, 6.07) is 8.60. The lowest BCUT2D eigenvalue weighted by atomic mass is 9.51. The highest BCUT2D eigenvalue weighted by molar-refractivity contribution is 6.07. The largest absolute Gasteiger partial charge is 0.494 e. The molecule has 0 unspecified atom stereocenters. The van der Waals surface area contributed by atoms with Crippen LogP contribution in [-0.2, 0) is 16.1 Å². The molecule has 1 aromatic carbocycles. The molecule has 2 aliphatic carbocycles. The fourth-order valence-electron chi connectivity index (χ4n) is 7.90. The van der Waals surface area contributed by atoms with Crippen molar-refractivity contribution in [1.82, 2.24) is 18.9 Å². The van der Waals surface area contributed by atoms with Crippen LogP contribution in [0.15, 0.2) is 44.9 Å². The number of nitrogens with zero attached hydrogens (tertiary/aromatic N) is 5. The Bertz CT molecular complexity index is 1560. The topological polar surface area (TPSA) is 152 Å². The van der Waals surface area contributed by atoms with Crippen molar-refractivity contribution in [1.29, 1.82) is 0 Å². The molecule has 4 aliphatic rings. The molecule has 0 radical (unpaired) electrons. The van der Waals surface area contributed by atoms with Gasteiger partial charge in [0, 0.05) is 39.9 Å². The molecule has 0 bridgehead atoms. The molecule has 0 atom stereocenters. The van der Waals surface area contributed by atoms with Crippen molar-refractivity contribution >= 4 is 17.8 Å². The normalized spacial score (nSPS) is 28.2. The molecule has 3 amide bonds. The zero-order chi connectivity index (χ0) is 30.5. The van der Waals surface area contributed by atoms with Gasteiger partial charge in [0.2, 0.25) is 5.88 Å². The van der Waals surface area contributed by atoms with Crippen LogP contribution in [0.3, 0.4) is 0 Å². The van der Waals surface area contributed by atoms with E-state index in [0.29, 0.717) is 64.2 Å². The molecule has 1 aromatic heterocycles. The van der Waals surface area contributed by atoms with E-state index in [1.54, 1.807) is 7.05 Å². The van der Waals surface area contributed by atoms with Gasteiger partial charge >= 0.3 is 11.7 Å². The summed E-state index contributed by atoms with van der Waals surface area (Å²) in [7, 11) is 3.00. The van der Waals surface area contributed by atoms with E-state index >= 15 is 0 Å². The number of urea groups is 1. The number of aromatic nitrogens is 2. The molecule has 4 fully saturated rings. The number of carbonyl (C=O) groups is 2. The first-order chi connectivity index (χ1) is 20.6. The number of ether oxygens (including phenoxy) is 1. The standard InChI is InChI=1S/C31H40N6O6/c1-33-24(32)23-25(38)35(16-20-6-4-3-5-7-20)29(42)37(26(23)39)22-8-12-30(13-9-22)18-31(19-30)27(40)34(2)28(41)36(31)17-21-10-14-43-15-11-21/h3-7,21-22,38H,8-19H2,1-2H3,(H2,32,33). The highest BCUT2D eigenvalue weighted by Gasteiger charge is 2.68. The maximum absolute atomic E-state index is 13.8. The Morgan fingerprint density at radius 1 is 1.05 bits per heavy atom. The smallest absolute Gasteiger partial charge is 0.334 e. The number of carbonyl (C=O) groups excluding carboxylic acids is 2. The van der Waals surface area contributed by atoms with E-state index in [0.717, 1.165) is 18.4 Å². The van der Waals surface area contributed by atoms with Gasteiger partial charge in [0.15, 0.2) is 0 Å². The molecular formula is C31H40N6O6. The van der Waals surface area contributed by atoms with Crippen LogP contribution in [0, 0.1) is 11.3 Å². The minimum absolute atomic E-state index is 0.0710. The maximum Gasteiger partial charge on any atom is 0.334 e. The van der Waals surface area contributed by atoms with Gasteiger partial charge in [-0.2, -0.15) is 0 Å². The Hall–Kier alpha value is -3.93. The quantitative estimate of drug-likeness (QED) is 0.296. The SMILES string of the molecule is CN=C(N)c1c(O)n(Cc2ccccc2)c(=O)n(C2CCC3(CC2)CC2(C3)C(=O)N(C)C(=O)N2CC2CCOCC2)c1=O. The van der Waals surface area contributed by atoms with Crippen LogP contribution >= 0.6 is 0 Å². The van der Waals surface area contributed by atoms with Crippen molar-refractivity contribution < 1.29 is 19.4 Å². The van der Waals surface area contributed by atoms with E-state index in [1.807, 2.05) is 35.2 Å². The number of likely N-dealkylation sites (N-methyl/N-ethyl adjacent to an activating group) is 1. The van der Waals surface area contributed by atoms with E-state index in [-0.39, 0.29) is 35.3 Å². The van der Waals surface area contributed by atoms with Gasteiger partial charge in [-0.05, 0) is 68.3 Å². The summed E-state index contributed by atoms with van der Waals surface area (Å²) in [6.07, 6.45) is 5.49. The van der Waals surface area contributed by atoms with Crippen LogP contribution in [0.2, 0.25) is 0 Å². The number of rotatable bonds is 6. The van der Waals surface area contributed by atoms with Gasteiger partial charge in [-0.3, -0.25) is 28.6 Å². The van der Waals surface area contributed by atoms with Gasteiger partial charge in [0.05, 0.1) is 6.54 Å². The second-order valence-electron chi connectivity index (χ2n) is 12.8. The Morgan fingerprint density at radius 3 is 2.33 bits per heavy atom. The molecule has 6 rings (SSSR count). The van der Waals surface area contributed by atoms with Crippen LogP contribution in [0.1, 0.15) is 68.5 Å². The van der Waals surface area contributed by atoms with Gasteiger partial charge in [-0.25, -0.2) is 9.59 Å². The fourth-order valence-corrected chi connectivity index (χ4v) is 7.90. The number of nitrogens with two attached hydrogens (primary N) is 1. The molecule has 3 N–H and O–H groups in total. The highest BCUT2D eigenvalue weighted by Crippen LogP contribution is 2.62. The van der Waals surface area contributed by atoms with E-state index in [4.69, 9.17) is 10.5 Å². The van der Waals surface area contributed by atoms with E-state index in [9.17, 15) is 24.3 Å². The fraction of sp³-hybridized carbons (Fsp3) is 0.581. The number of hydrogen-bond acceptors (Lipinski definition) is 7. The first-order valence-electron chi connectivity index (χ1n) is 15.1. The average molecular weight is 593 g/mol. The zero-order valence-electron chi connectivity index (χ0n) is 24.8. The third kappa shape index (κ3) is 4.75. The highest BCUT2D eigenvalue weighted by atomic mass is 16.5. The Morgan fingerprint density at radius 2 is 1.70 bits per heavy atom. The van der Waals surface area contributed by atoms with Gasteiger partial charge in [0.1, 0.15) is 16.9 Å². The van der Waals surface area contributed by atoms with Crippen LogP contribution in [-0.4, -0.2) is 81.2 Å². The van der Waals surface area contributed by atoms with Crippen LogP contribution in [0.4, 0.5) is 4.79 Å². The minimum Gasteiger partial charge on any atom is -0.494 e. The molecule has 43 heavy (non-hydrogen) atoms. The second-order valence-corrected chi connectivity index (χ2v) is 12.8. The van der Waals surface area contributed by atoms with Crippen LogP contribution in [0.5, 0.6) is 5.88 Å². The lowest BCUT2D eigenvalue weighted by molar-refractivity contribution is -0.150. The summed E-state index contributed by atoms with van der Waals surface area (Å²) >= 11 is 0. The maximum atomic E-state index is 13.8. The van der Waals surface area contributed by atoms with Crippen molar-refractivity contribution in [3.8, 4) is 5.88 Å². The monoisotopic (exact) mass is 592 g/mol. The molecular weight excluding hydrogens is 552 g/mol. The zero-order valence-corrected chi connectivity index (χ0v) is 24.8. The number of aliphatic imine (C=N–C) groups is 1. The lowest BCUT2D eigenvalue weighted by Crippen LogP contribution is -2.64. The predicted molar refractivity (Wildman–Crippen MR) is 159 cm³/mol. The summed E-state index contributed by atoms with van der Waals surface area (Å²) in [6.45, 7) is 1.98. The number of hydrogen-bond donors (Lipinski definition) is 2. The van der Waals surface area contributed by atoms with Crippen molar-refractivity contribution in [3.05, 3.63) is 62.3 Å². The molecule has 12 nitrogen and oxygen atoms in total. The van der Waals surface area contributed by atoms with Crippen molar-refractivity contribution in [2.45, 2.75) is 69.5 Å². The molecule has 2 saturated heterocycles. The minimum atomic E-state index is -0.812. The van der Waals surface area contributed by atoms with Gasteiger partial charge < -0.3 is 20.5 Å². The average Bonchev–Trinajstić information content (AvgIpc) is 3.17. The van der Waals surface area contributed by atoms with Crippen molar-refractivity contribution in [2.24, 2.45) is 22.1 Å².